The second-order valence-electron chi connectivity index (χ2n) is 16.7. The molecule has 4 aliphatic rings. The molecule has 0 amide bonds. The largest absolute Gasteiger partial charge is 0.0654 e. The third-order valence-corrected chi connectivity index (χ3v) is 13.5. The highest BCUT2D eigenvalue weighted by molar-refractivity contribution is 5.85. The van der Waals surface area contributed by atoms with E-state index in [1.54, 1.807) is 100 Å². The molecular weight excluding hydrogens is 625 g/mol. The highest BCUT2D eigenvalue weighted by atomic mass is 14.4. The number of unbranched alkanes of at least 4 members (excludes halogenated alkanes) is 4. The SMILES string of the molecule is CCCCc1c2c(c(CCCC)c3c1Cc1ccccc1-3)Cc1cc3c(cc1C2)Cc1c(c(CCCC)c2c(c1CCCC)-c1ccccc1C2)C3. The van der Waals surface area contributed by atoms with Crippen molar-refractivity contribution in [2.24, 2.45) is 0 Å². The summed E-state index contributed by atoms with van der Waals surface area (Å²) >= 11 is 0. The molecule has 0 spiro atoms. The van der Waals surface area contributed by atoms with Gasteiger partial charge in [-0.3, -0.25) is 0 Å². The van der Waals surface area contributed by atoms with Gasteiger partial charge < -0.3 is 0 Å². The smallest absolute Gasteiger partial charge is 0.00105 e. The summed E-state index contributed by atoms with van der Waals surface area (Å²) in [6.07, 6.45) is 21.7. The molecular formula is C52H58. The Morgan fingerprint density at radius 3 is 1.02 bits per heavy atom. The predicted octanol–water partition coefficient (Wildman–Crippen LogP) is 13.2. The molecule has 0 N–H and O–H groups in total. The maximum Gasteiger partial charge on any atom is -0.00105 e. The summed E-state index contributed by atoms with van der Waals surface area (Å²) < 4.78 is 0. The van der Waals surface area contributed by atoms with Crippen LogP contribution in [0.15, 0.2) is 60.7 Å². The number of benzene rings is 5. The standard InChI is InChI=1S/C52H58/c1-5-9-19-41-45-29-35-25-38-32-48-44(22-12-8-4)52-40-24-16-14-18-34(40)28-50(52)42(20-10-6-2)46(48)30-36(38)26-37(35)31-47(45)43(21-11-7-3)51-39-23-15-13-17-33(39)27-49(41)51/h13-18,23-26H,5-12,19-22,27-32H2,1-4H3. The van der Waals surface area contributed by atoms with Crippen LogP contribution in [0.5, 0.6) is 0 Å². The fourth-order valence-corrected chi connectivity index (χ4v) is 11.0. The van der Waals surface area contributed by atoms with Crippen LogP contribution in [0.25, 0.3) is 22.3 Å². The minimum atomic E-state index is 1.11. The van der Waals surface area contributed by atoms with Gasteiger partial charge in [-0.25, -0.2) is 0 Å². The van der Waals surface area contributed by atoms with Crippen LogP contribution in [0.4, 0.5) is 0 Å². The van der Waals surface area contributed by atoms with Gasteiger partial charge in [-0.2, -0.15) is 0 Å². The number of rotatable bonds is 12. The van der Waals surface area contributed by atoms with Crippen molar-refractivity contribution in [1.29, 1.82) is 0 Å². The quantitative estimate of drug-likeness (QED) is 0.120. The molecule has 0 heterocycles. The molecule has 0 saturated heterocycles. The molecule has 52 heavy (non-hydrogen) atoms. The Morgan fingerprint density at radius 1 is 0.346 bits per heavy atom. The second kappa shape index (κ2) is 14.2. The molecule has 0 atom stereocenters. The molecule has 0 radical (unpaired) electrons. The summed E-state index contributed by atoms with van der Waals surface area (Å²) in [6, 6.07) is 24.2. The molecule has 0 fully saturated rings. The van der Waals surface area contributed by atoms with Crippen molar-refractivity contribution >= 4 is 0 Å². The fraction of sp³-hybridized carbons (Fsp3) is 0.423. The molecule has 0 saturated carbocycles. The highest BCUT2D eigenvalue weighted by Gasteiger charge is 2.34. The average Bonchev–Trinajstić information content (AvgIpc) is 3.75. The van der Waals surface area contributed by atoms with E-state index >= 15 is 0 Å². The first-order valence-corrected chi connectivity index (χ1v) is 21.3. The molecule has 0 aromatic heterocycles. The molecule has 0 bridgehead atoms. The van der Waals surface area contributed by atoms with Crippen molar-refractivity contribution in [3.05, 3.63) is 150 Å². The molecule has 4 aliphatic carbocycles. The van der Waals surface area contributed by atoms with Crippen molar-refractivity contribution in [2.75, 3.05) is 0 Å². The van der Waals surface area contributed by atoms with Crippen LogP contribution in [-0.2, 0) is 64.2 Å². The first-order valence-electron chi connectivity index (χ1n) is 21.3. The van der Waals surface area contributed by atoms with Gasteiger partial charge in [0.15, 0.2) is 0 Å². The lowest BCUT2D eigenvalue weighted by molar-refractivity contribution is 0.758. The molecule has 266 valence electrons. The van der Waals surface area contributed by atoms with E-state index in [1.165, 1.54) is 88.2 Å². The van der Waals surface area contributed by atoms with E-state index in [-0.39, 0.29) is 0 Å². The van der Waals surface area contributed by atoms with Crippen LogP contribution < -0.4 is 0 Å². The van der Waals surface area contributed by atoms with Crippen molar-refractivity contribution in [3.8, 4) is 22.3 Å². The molecule has 5 aromatic carbocycles. The topological polar surface area (TPSA) is 0 Å². The van der Waals surface area contributed by atoms with E-state index < -0.39 is 0 Å². The zero-order valence-electron chi connectivity index (χ0n) is 32.5. The van der Waals surface area contributed by atoms with Gasteiger partial charge in [-0.05, 0) is 201 Å². The van der Waals surface area contributed by atoms with Crippen molar-refractivity contribution in [3.63, 3.8) is 0 Å². The summed E-state index contributed by atoms with van der Waals surface area (Å²) in [7, 11) is 0. The van der Waals surface area contributed by atoms with Crippen molar-refractivity contribution in [1.82, 2.24) is 0 Å². The van der Waals surface area contributed by atoms with E-state index in [4.69, 9.17) is 0 Å². The van der Waals surface area contributed by atoms with E-state index in [1.807, 2.05) is 0 Å². The zero-order chi connectivity index (χ0) is 35.3. The van der Waals surface area contributed by atoms with Gasteiger partial charge in [0, 0.05) is 0 Å². The van der Waals surface area contributed by atoms with E-state index in [2.05, 4.69) is 88.4 Å². The van der Waals surface area contributed by atoms with E-state index in [0.29, 0.717) is 0 Å². The molecule has 0 nitrogen and oxygen atoms in total. The number of hydrogen-bond donors (Lipinski definition) is 0. The van der Waals surface area contributed by atoms with Crippen LogP contribution >= 0.6 is 0 Å². The van der Waals surface area contributed by atoms with Crippen molar-refractivity contribution in [2.45, 2.75) is 143 Å². The Labute approximate surface area is 314 Å². The van der Waals surface area contributed by atoms with Gasteiger partial charge in [-0.1, -0.05) is 114 Å². The van der Waals surface area contributed by atoms with Gasteiger partial charge in [0.05, 0.1) is 0 Å². The van der Waals surface area contributed by atoms with E-state index in [9.17, 15) is 0 Å². The summed E-state index contributed by atoms with van der Waals surface area (Å²) in [6.45, 7) is 9.47. The van der Waals surface area contributed by atoms with Crippen LogP contribution in [0.1, 0.15) is 168 Å². The Hall–Kier alpha value is -3.90. The molecule has 0 heteroatoms. The molecule has 5 aromatic rings. The summed E-state index contributed by atoms with van der Waals surface area (Å²) in [5, 5.41) is 0. The lowest BCUT2D eigenvalue weighted by Crippen LogP contribution is -2.20. The lowest BCUT2D eigenvalue weighted by Gasteiger charge is -2.32. The average molecular weight is 683 g/mol. The van der Waals surface area contributed by atoms with E-state index in [0.717, 1.165) is 38.5 Å². The summed E-state index contributed by atoms with van der Waals surface area (Å²) in [5.41, 5.74) is 33.0. The van der Waals surface area contributed by atoms with Crippen LogP contribution in [0, 0.1) is 0 Å². The minimum Gasteiger partial charge on any atom is -0.0654 e. The van der Waals surface area contributed by atoms with Crippen LogP contribution in [-0.4, -0.2) is 0 Å². The van der Waals surface area contributed by atoms with Gasteiger partial charge in [0.2, 0.25) is 0 Å². The zero-order valence-corrected chi connectivity index (χ0v) is 32.5. The summed E-state index contributed by atoms with van der Waals surface area (Å²) in [5.74, 6) is 0. The molecule has 0 aliphatic heterocycles. The highest BCUT2D eigenvalue weighted by Crippen LogP contribution is 2.50. The molecule has 0 unspecified atom stereocenters. The normalized spacial score (nSPS) is 14.2. The first kappa shape index (κ1) is 33.9. The lowest BCUT2D eigenvalue weighted by atomic mass is 9.72. The maximum atomic E-state index is 2.71. The summed E-state index contributed by atoms with van der Waals surface area (Å²) in [4.78, 5) is 0. The van der Waals surface area contributed by atoms with Gasteiger partial charge in [0.25, 0.3) is 0 Å². The first-order chi connectivity index (χ1) is 25.6. The Morgan fingerprint density at radius 2 is 0.654 bits per heavy atom. The van der Waals surface area contributed by atoms with Crippen molar-refractivity contribution < 1.29 is 0 Å². The Kier molecular flexibility index (Phi) is 9.23. The predicted molar refractivity (Wildman–Crippen MR) is 221 cm³/mol. The third kappa shape index (κ3) is 5.54. The number of hydrogen-bond acceptors (Lipinski definition) is 0. The Bertz CT molecular complexity index is 2030. The number of fused-ring (bicyclic) bond motifs is 10. The maximum absolute atomic E-state index is 2.71. The third-order valence-electron chi connectivity index (χ3n) is 13.5. The monoisotopic (exact) mass is 682 g/mol. The van der Waals surface area contributed by atoms with Crippen LogP contribution in [0.3, 0.4) is 0 Å². The van der Waals surface area contributed by atoms with Crippen LogP contribution in [0.2, 0.25) is 0 Å². The fourth-order valence-electron chi connectivity index (χ4n) is 11.0. The second-order valence-corrected chi connectivity index (χ2v) is 16.7. The van der Waals surface area contributed by atoms with Gasteiger partial charge in [-0.15, -0.1) is 0 Å². The Balaban J connectivity index is 1.18. The molecule has 9 rings (SSSR count). The minimum absolute atomic E-state index is 1.11. The van der Waals surface area contributed by atoms with Gasteiger partial charge in [0.1, 0.15) is 0 Å². The van der Waals surface area contributed by atoms with Gasteiger partial charge >= 0.3 is 0 Å².